The van der Waals surface area contributed by atoms with Gasteiger partial charge in [0.1, 0.15) is 0 Å². The summed E-state index contributed by atoms with van der Waals surface area (Å²) in [7, 11) is 0. The van der Waals surface area contributed by atoms with Gasteiger partial charge in [-0.2, -0.15) is 0 Å². The van der Waals surface area contributed by atoms with E-state index in [4.69, 9.17) is 5.73 Å². The van der Waals surface area contributed by atoms with Crippen LogP contribution < -0.4 is 16.4 Å². The van der Waals surface area contributed by atoms with Crippen molar-refractivity contribution in [2.45, 2.75) is 19.3 Å². The standard InChI is InChI=1S/C28H34N4O/c1-2-8-23(15-16-29)13-14-24-9-5-11-26(21-24)31-27-12-6-10-25(22-27)28(33)30-17-7-20-32-18-3-4-19-32/h2,5-6,8-16,21-22,31H,1,3-4,7,17-20,29H2,(H,30,33)/b14-13+,16-15-,23-8-. The second kappa shape index (κ2) is 13.1. The Morgan fingerprint density at radius 3 is 2.58 bits per heavy atom. The van der Waals surface area contributed by atoms with Gasteiger partial charge in [-0.3, -0.25) is 4.79 Å². The maximum absolute atomic E-state index is 12.6. The SMILES string of the molecule is C=C/C=C(\C=C/N)/C=C/c1cccc(Nc2cccc(C(=O)NCCCN3CCCC3)c2)c1. The zero-order chi connectivity index (χ0) is 23.3. The van der Waals surface area contributed by atoms with E-state index >= 15 is 0 Å². The van der Waals surface area contributed by atoms with Gasteiger partial charge < -0.3 is 21.3 Å². The fraction of sp³-hybridized carbons (Fsp3) is 0.250. The first-order valence-corrected chi connectivity index (χ1v) is 11.5. The summed E-state index contributed by atoms with van der Waals surface area (Å²) >= 11 is 0. The zero-order valence-electron chi connectivity index (χ0n) is 19.2. The van der Waals surface area contributed by atoms with Gasteiger partial charge in [-0.05, 0) is 92.6 Å². The third-order valence-electron chi connectivity index (χ3n) is 5.50. The van der Waals surface area contributed by atoms with Crippen molar-refractivity contribution >= 4 is 23.4 Å². The number of benzene rings is 2. The van der Waals surface area contributed by atoms with Crippen LogP contribution in [-0.4, -0.2) is 37.0 Å². The molecule has 0 radical (unpaired) electrons. The highest BCUT2D eigenvalue weighted by Crippen LogP contribution is 2.20. The number of allylic oxidation sites excluding steroid dienone is 5. The molecule has 0 aliphatic carbocycles. The van der Waals surface area contributed by atoms with E-state index in [2.05, 4.69) is 28.2 Å². The predicted octanol–water partition coefficient (Wildman–Crippen LogP) is 5.24. The van der Waals surface area contributed by atoms with Crippen LogP contribution in [0, 0.1) is 0 Å². The fourth-order valence-electron chi connectivity index (χ4n) is 3.84. The number of hydrogen-bond donors (Lipinski definition) is 3. The summed E-state index contributed by atoms with van der Waals surface area (Å²) in [6, 6.07) is 15.7. The van der Waals surface area contributed by atoms with Gasteiger partial charge in [0.25, 0.3) is 5.91 Å². The number of nitrogens with two attached hydrogens (primary N) is 1. The number of rotatable bonds is 11. The first kappa shape index (κ1) is 24.1. The topological polar surface area (TPSA) is 70.4 Å². The monoisotopic (exact) mass is 442 g/mol. The number of carbonyl (C=O) groups is 1. The molecule has 0 atom stereocenters. The largest absolute Gasteiger partial charge is 0.405 e. The van der Waals surface area contributed by atoms with Gasteiger partial charge in [0, 0.05) is 23.5 Å². The van der Waals surface area contributed by atoms with Gasteiger partial charge in [-0.15, -0.1) is 0 Å². The Kier molecular flexibility index (Phi) is 9.55. The Labute approximate surface area is 197 Å². The molecule has 0 spiro atoms. The number of hydrogen-bond acceptors (Lipinski definition) is 4. The van der Waals surface area contributed by atoms with Gasteiger partial charge in [-0.1, -0.05) is 49.1 Å². The Hall–Kier alpha value is -3.57. The number of amides is 1. The number of nitrogens with zero attached hydrogens (tertiary/aromatic N) is 1. The average Bonchev–Trinajstić information content (AvgIpc) is 3.34. The van der Waals surface area contributed by atoms with Crippen LogP contribution in [0.1, 0.15) is 35.2 Å². The molecule has 1 aliphatic rings. The van der Waals surface area contributed by atoms with Crippen LogP contribution in [0.4, 0.5) is 11.4 Å². The number of anilines is 2. The molecule has 0 aromatic heterocycles. The summed E-state index contributed by atoms with van der Waals surface area (Å²) in [6.07, 6.45) is 14.5. The molecule has 0 unspecified atom stereocenters. The van der Waals surface area contributed by atoms with Crippen molar-refractivity contribution in [2.24, 2.45) is 5.73 Å². The first-order valence-electron chi connectivity index (χ1n) is 11.5. The molecule has 3 rings (SSSR count). The van der Waals surface area contributed by atoms with E-state index < -0.39 is 0 Å². The molecule has 1 amide bonds. The van der Waals surface area contributed by atoms with Crippen LogP contribution in [0.5, 0.6) is 0 Å². The molecule has 2 aromatic carbocycles. The molecule has 1 aliphatic heterocycles. The molecule has 172 valence electrons. The van der Waals surface area contributed by atoms with Crippen molar-refractivity contribution < 1.29 is 4.79 Å². The first-order chi connectivity index (χ1) is 16.2. The van der Waals surface area contributed by atoms with Crippen molar-refractivity contribution in [2.75, 3.05) is 31.5 Å². The van der Waals surface area contributed by atoms with E-state index in [1.54, 1.807) is 6.08 Å². The van der Waals surface area contributed by atoms with Crippen LogP contribution >= 0.6 is 0 Å². The maximum atomic E-state index is 12.6. The summed E-state index contributed by atoms with van der Waals surface area (Å²) < 4.78 is 0. The second-order valence-corrected chi connectivity index (χ2v) is 8.08. The van der Waals surface area contributed by atoms with Crippen molar-refractivity contribution in [1.82, 2.24) is 10.2 Å². The highest BCUT2D eigenvalue weighted by Gasteiger charge is 2.11. The zero-order valence-corrected chi connectivity index (χ0v) is 19.2. The van der Waals surface area contributed by atoms with Crippen molar-refractivity contribution in [3.05, 3.63) is 102 Å². The smallest absolute Gasteiger partial charge is 0.251 e. The molecular weight excluding hydrogens is 408 g/mol. The molecule has 1 heterocycles. The van der Waals surface area contributed by atoms with Gasteiger partial charge in [-0.25, -0.2) is 0 Å². The van der Waals surface area contributed by atoms with Crippen molar-refractivity contribution in [3.8, 4) is 0 Å². The van der Waals surface area contributed by atoms with Crippen LogP contribution in [0.2, 0.25) is 0 Å². The minimum Gasteiger partial charge on any atom is -0.405 e. The third kappa shape index (κ3) is 8.13. The van der Waals surface area contributed by atoms with E-state index in [9.17, 15) is 4.79 Å². The molecule has 1 saturated heterocycles. The lowest BCUT2D eigenvalue weighted by molar-refractivity contribution is 0.0952. The molecular formula is C28H34N4O. The van der Waals surface area contributed by atoms with Gasteiger partial charge >= 0.3 is 0 Å². The molecule has 5 nitrogen and oxygen atoms in total. The van der Waals surface area contributed by atoms with E-state index in [1.807, 2.05) is 66.8 Å². The predicted molar refractivity (Wildman–Crippen MR) is 139 cm³/mol. The van der Waals surface area contributed by atoms with Crippen molar-refractivity contribution in [1.29, 1.82) is 0 Å². The molecule has 4 N–H and O–H groups in total. The summed E-state index contributed by atoms with van der Waals surface area (Å²) in [4.78, 5) is 15.0. The Bertz CT molecular complexity index is 1020. The molecule has 0 saturated carbocycles. The average molecular weight is 443 g/mol. The third-order valence-corrected chi connectivity index (χ3v) is 5.50. The van der Waals surface area contributed by atoms with Crippen LogP contribution in [-0.2, 0) is 0 Å². The maximum Gasteiger partial charge on any atom is 0.251 e. The molecule has 0 bridgehead atoms. The van der Waals surface area contributed by atoms with E-state index in [0.717, 1.165) is 35.5 Å². The minimum absolute atomic E-state index is 0.0359. The summed E-state index contributed by atoms with van der Waals surface area (Å²) in [5.41, 5.74) is 9.99. The Balaban J connectivity index is 1.57. The van der Waals surface area contributed by atoms with E-state index in [1.165, 1.54) is 32.1 Å². The Morgan fingerprint density at radius 1 is 1.06 bits per heavy atom. The lowest BCUT2D eigenvalue weighted by atomic mass is 10.1. The number of carbonyl (C=O) groups excluding carboxylic acids is 1. The summed E-state index contributed by atoms with van der Waals surface area (Å²) in [5, 5.41) is 6.44. The molecule has 33 heavy (non-hydrogen) atoms. The molecule has 2 aromatic rings. The van der Waals surface area contributed by atoms with Crippen LogP contribution in [0.15, 0.2) is 91.2 Å². The lowest BCUT2D eigenvalue weighted by Gasteiger charge is -2.14. The normalized spacial score (nSPS) is 14.7. The van der Waals surface area contributed by atoms with Gasteiger partial charge in [0.15, 0.2) is 0 Å². The summed E-state index contributed by atoms with van der Waals surface area (Å²) in [5.74, 6) is -0.0359. The fourth-order valence-corrected chi connectivity index (χ4v) is 3.84. The van der Waals surface area contributed by atoms with Gasteiger partial charge in [0.05, 0.1) is 0 Å². The van der Waals surface area contributed by atoms with Crippen molar-refractivity contribution in [3.63, 3.8) is 0 Å². The highest BCUT2D eigenvalue weighted by molar-refractivity contribution is 5.95. The van der Waals surface area contributed by atoms with Crippen LogP contribution in [0.25, 0.3) is 6.08 Å². The number of nitrogens with one attached hydrogen (secondary N) is 2. The quantitative estimate of drug-likeness (QED) is 0.329. The molecule has 1 fully saturated rings. The minimum atomic E-state index is -0.0359. The second-order valence-electron chi connectivity index (χ2n) is 8.08. The molecule has 5 heteroatoms. The highest BCUT2D eigenvalue weighted by atomic mass is 16.1. The van der Waals surface area contributed by atoms with E-state index in [-0.39, 0.29) is 5.91 Å². The lowest BCUT2D eigenvalue weighted by Crippen LogP contribution is -2.28. The Morgan fingerprint density at radius 2 is 1.82 bits per heavy atom. The van der Waals surface area contributed by atoms with Gasteiger partial charge in [0.2, 0.25) is 0 Å². The summed E-state index contributed by atoms with van der Waals surface area (Å²) in [6.45, 7) is 7.86. The number of likely N-dealkylation sites (tertiary alicyclic amines) is 1. The van der Waals surface area contributed by atoms with Crippen LogP contribution in [0.3, 0.4) is 0 Å². The van der Waals surface area contributed by atoms with E-state index in [0.29, 0.717) is 12.1 Å².